The predicted octanol–water partition coefficient (Wildman–Crippen LogP) is 4.94. The fraction of sp³-hybridized carbons (Fsp3) is 0.167. The molecule has 0 radical (unpaired) electrons. The molecular formula is C24H21FN2O2S. The van der Waals surface area contributed by atoms with Gasteiger partial charge in [-0.1, -0.05) is 24.3 Å². The molecule has 1 aliphatic heterocycles. The Morgan fingerprint density at radius 3 is 2.30 bits per heavy atom. The number of carbonyl (C=O) groups is 2. The number of amides is 2. The molecule has 0 bridgehead atoms. The molecule has 2 aromatic carbocycles. The van der Waals surface area contributed by atoms with Crippen LogP contribution in [-0.4, -0.2) is 23.3 Å². The molecule has 0 aliphatic carbocycles. The van der Waals surface area contributed by atoms with Crippen LogP contribution in [0.15, 0.2) is 65.7 Å². The number of anilines is 1. The molecular weight excluding hydrogens is 399 g/mol. The minimum absolute atomic E-state index is 0.232. The highest BCUT2D eigenvalue weighted by Crippen LogP contribution is 2.33. The zero-order valence-corrected chi connectivity index (χ0v) is 17.6. The summed E-state index contributed by atoms with van der Waals surface area (Å²) in [7, 11) is 0. The lowest BCUT2D eigenvalue weighted by Crippen LogP contribution is -2.34. The Hall–Kier alpha value is -3.25. The number of halogens is 1. The second-order valence-corrected chi connectivity index (χ2v) is 8.31. The normalized spacial score (nSPS) is 14.0. The third kappa shape index (κ3) is 4.04. The monoisotopic (exact) mass is 420 g/mol. The molecule has 3 aromatic rings. The molecule has 2 amide bonds. The largest absolute Gasteiger partial charge is 0.350 e. The van der Waals surface area contributed by atoms with Crippen molar-refractivity contribution >= 4 is 34.4 Å². The van der Waals surface area contributed by atoms with Crippen molar-refractivity contribution in [3.63, 3.8) is 0 Å². The van der Waals surface area contributed by atoms with E-state index in [9.17, 15) is 14.0 Å². The highest BCUT2D eigenvalue weighted by atomic mass is 32.1. The quantitative estimate of drug-likeness (QED) is 0.575. The molecule has 0 fully saturated rings. The van der Waals surface area contributed by atoms with Gasteiger partial charge >= 0.3 is 0 Å². The van der Waals surface area contributed by atoms with E-state index in [-0.39, 0.29) is 24.2 Å². The minimum Gasteiger partial charge on any atom is -0.350 e. The van der Waals surface area contributed by atoms with E-state index in [1.165, 1.54) is 28.4 Å². The molecule has 0 unspecified atom stereocenters. The van der Waals surface area contributed by atoms with Gasteiger partial charge in [-0.3, -0.25) is 14.5 Å². The number of aryl methyl sites for hydroxylation is 2. The van der Waals surface area contributed by atoms with Crippen LogP contribution in [0.2, 0.25) is 0 Å². The molecule has 1 N–H and O–H groups in total. The first-order valence-electron chi connectivity index (χ1n) is 9.66. The smallest absolute Gasteiger partial charge is 0.278 e. The third-order valence-electron chi connectivity index (χ3n) is 4.96. The summed E-state index contributed by atoms with van der Waals surface area (Å²) in [6.45, 7) is 4.21. The first kappa shape index (κ1) is 20.0. The number of benzene rings is 2. The Bertz CT molecular complexity index is 1110. The van der Waals surface area contributed by atoms with Gasteiger partial charge in [0, 0.05) is 17.1 Å². The summed E-state index contributed by atoms with van der Waals surface area (Å²) in [5.41, 5.74) is 4.48. The Balaban J connectivity index is 1.63. The number of hydrogen-bond acceptors (Lipinski definition) is 4. The molecule has 0 saturated heterocycles. The van der Waals surface area contributed by atoms with E-state index < -0.39 is 0 Å². The van der Waals surface area contributed by atoms with Crippen LogP contribution in [0, 0.1) is 19.7 Å². The average Bonchev–Trinajstić information content (AvgIpc) is 3.29. The van der Waals surface area contributed by atoms with E-state index in [4.69, 9.17) is 0 Å². The van der Waals surface area contributed by atoms with Crippen molar-refractivity contribution in [3.8, 4) is 0 Å². The van der Waals surface area contributed by atoms with Crippen molar-refractivity contribution in [2.24, 2.45) is 0 Å². The molecule has 6 heteroatoms. The van der Waals surface area contributed by atoms with Crippen molar-refractivity contribution < 1.29 is 14.0 Å². The molecule has 1 aromatic heterocycles. The number of hydrogen-bond donors (Lipinski definition) is 1. The number of thiophene rings is 1. The zero-order chi connectivity index (χ0) is 21.3. The Labute approximate surface area is 178 Å². The van der Waals surface area contributed by atoms with Gasteiger partial charge in [-0.15, -0.1) is 11.3 Å². The second-order valence-electron chi connectivity index (χ2n) is 7.37. The van der Waals surface area contributed by atoms with Gasteiger partial charge in [0.05, 0.1) is 5.57 Å². The van der Waals surface area contributed by atoms with E-state index in [2.05, 4.69) is 11.4 Å². The fourth-order valence-corrected chi connectivity index (χ4v) is 4.40. The van der Waals surface area contributed by atoms with Crippen LogP contribution in [0.3, 0.4) is 0 Å². The van der Waals surface area contributed by atoms with Crippen molar-refractivity contribution in [2.45, 2.75) is 20.3 Å². The lowest BCUT2D eigenvalue weighted by Gasteiger charge is -2.15. The van der Waals surface area contributed by atoms with Crippen LogP contribution in [0.25, 0.3) is 5.57 Å². The molecule has 2 heterocycles. The van der Waals surface area contributed by atoms with Crippen LogP contribution < -0.4 is 5.32 Å². The maximum Gasteiger partial charge on any atom is 0.278 e. The van der Waals surface area contributed by atoms with Gasteiger partial charge in [0.15, 0.2) is 0 Å². The average molecular weight is 421 g/mol. The first-order valence-corrected chi connectivity index (χ1v) is 10.5. The molecule has 4 rings (SSSR count). The zero-order valence-electron chi connectivity index (χ0n) is 16.7. The number of imide groups is 1. The van der Waals surface area contributed by atoms with Gasteiger partial charge in [0.25, 0.3) is 11.8 Å². The molecule has 4 nitrogen and oxygen atoms in total. The lowest BCUT2D eigenvalue weighted by molar-refractivity contribution is -0.136. The number of nitrogens with one attached hydrogen (secondary N) is 1. The van der Waals surface area contributed by atoms with Crippen LogP contribution in [0.1, 0.15) is 21.6 Å². The van der Waals surface area contributed by atoms with Crippen molar-refractivity contribution in [1.29, 1.82) is 0 Å². The van der Waals surface area contributed by atoms with E-state index in [1.54, 1.807) is 12.1 Å². The van der Waals surface area contributed by atoms with E-state index in [0.717, 1.165) is 27.3 Å². The highest BCUT2D eigenvalue weighted by Gasteiger charge is 2.39. The molecule has 1 aliphatic rings. The minimum atomic E-state index is -0.343. The topological polar surface area (TPSA) is 49.4 Å². The van der Waals surface area contributed by atoms with Crippen LogP contribution in [0.4, 0.5) is 10.1 Å². The Kier molecular flexibility index (Phi) is 5.50. The van der Waals surface area contributed by atoms with Gasteiger partial charge in [-0.05, 0) is 72.7 Å². The second kappa shape index (κ2) is 8.24. The van der Waals surface area contributed by atoms with Gasteiger partial charge in [0.2, 0.25) is 0 Å². The SMILES string of the molecule is Cc1cc(C)cc(NC2=C(c3cccs3)C(=O)N(CCc3ccc(F)cc3)C2=O)c1. The summed E-state index contributed by atoms with van der Waals surface area (Å²) < 4.78 is 13.1. The summed E-state index contributed by atoms with van der Waals surface area (Å²) in [6, 6.07) is 15.8. The first-order chi connectivity index (χ1) is 14.4. The summed E-state index contributed by atoms with van der Waals surface area (Å²) >= 11 is 1.43. The van der Waals surface area contributed by atoms with Crippen molar-refractivity contribution in [2.75, 3.05) is 11.9 Å². The van der Waals surface area contributed by atoms with Gasteiger partial charge < -0.3 is 5.32 Å². The van der Waals surface area contributed by atoms with E-state index >= 15 is 0 Å². The summed E-state index contributed by atoms with van der Waals surface area (Å²) in [5, 5.41) is 5.09. The number of rotatable bonds is 6. The van der Waals surface area contributed by atoms with Crippen LogP contribution >= 0.6 is 11.3 Å². The van der Waals surface area contributed by atoms with Crippen LogP contribution in [-0.2, 0) is 16.0 Å². The third-order valence-corrected chi connectivity index (χ3v) is 5.85. The van der Waals surface area contributed by atoms with Gasteiger partial charge in [-0.25, -0.2) is 4.39 Å². The molecule has 0 saturated carbocycles. The van der Waals surface area contributed by atoms with E-state index in [0.29, 0.717) is 17.7 Å². The maximum absolute atomic E-state index is 13.2. The lowest BCUT2D eigenvalue weighted by atomic mass is 10.1. The van der Waals surface area contributed by atoms with Crippen molar-refractivity contribution in [1.82, 2.24) is 4.90 Å². The standard InChI is InChI=1S/C24H21FN2O2S/c1-15-12-16(2)14-19(13-15)26-22-21(20-4-3-11-30-20)23(28)27(24(22)29)10-9-17-5-7-18(25)8-6-17/h3-8,11-14,26H,9-10H2,1-2H3. The van der Waals surface area contributed by atoms with E-state index in [1.807, 2.05) is 43.5 Å². The Morgan fingerprint density at radius 2 is 1.67 bits per heavy atom. The summed E-state index contributed by atoms with van der Waals surface area (Å²) in [5.74, 6) is -0.963. The molecule has 0 spiro atoms. The highest BCUT2D eigenvalue weighted by molar-refractivity contribution is 7.11. The van der Waals surface area contributed by atoms with Gasteiger partial charge in [-0.2, -0.15) is 0 Å². The number of carbonyl (C=O) groups excluding carboxylic acids is 2. The molecule has 152 valence electrons. The number of nitrogens with zero attached hydrogens (tertiary/aromatic N) is 1. The fourth-order valence-electron chi connectivity index (χ4n) is 3.63. The van der Waals surface area contributed by atoms with Gasteiger partial charge in [0.1, 0.15) is 11.5 Å². The molecule has 30 heavy (non-hydrogen) atoms. The molecule has 0 atom stereocenters. The van der Waals surface area contributed by atoms with Crippen LogP contribution in [0.5, 0.6) is 0 Å². The summed E-state index contributed by atoms with van der Waals surface area (Å²) in [6.07, 6.45) is 0.465. The predicted molar refractivity (Wildman–Crippen MR) is 118 cm³/mol. The Morgan fingerprint density at radius 1 is 0.967 bits per heavy atom. The summed E-state index contributed by atoms with van der Waals surface area (Å²) in [4.78, 5) is 28.4. The van der Waals surface area contributed by atoms with Crippen molar-refractivity contribution in [3.05, 3.63) is 93.1 Å². The maximum atomic E-state index is 13.2.